The van der Waals surface area contributed by atoms with Crippen LogP contribution >= 0.6 is 0 Å². The van der Waals surface area contributed by atoms with E-state index in [4.69, 9.17) is 8.85 Å². The summed E-state index contributed by atoms with van der Waals surface area (Å²) in [4.78, 5) is 16.0. The van der Waals surface area contributed by atoms with Crippen molar-refractivity contribution in [3.63, 3.8) is 0 Å². The number of benzene rings is 1. The summed E-state index contributed by atoms with van der Waals surface area (Å²) in [5, 5.41) is 0. The number of carbonyl (C=O) groups excluding carboxylic acids is 1. The summed E-state index contributed by atoms with van der Waals surface area (Å²) in [6.07, 6.45) is -0.556. The van der Waals surface area contributed by atoms with E-state index in [1.54, 1.807) is 20.8 Å². The van der Waals surface area contributed by atoms with Gasteiger partial charge in [0.2, 0.25) is 0 Å². The molecule has 1 amide bonds. The first-order chi connectivity index (χ1) is 11.5. The second-order valence-corrected chi connectivity index (χ2v) is 6.91. The van der Waals surface area contributed by atoms with E-state index in [9.17, 15) is 4.79 Å². The lowest BCUT2D eigenvalue weighted by Crippen LogP contribution is -2.58. The highest BCUT2D eigenvalue weighted by atomic mass is 16.6. The van der Waals surface area contributed by atoms with Crippen molar-refractivity contribution in [1.29, 1.82) is 0 Å². The summed E-state index contributed by atoms with van der Waals surface area (Å²) in [6, 6.07) is 9.12. The van der Waals surface area contributed by atoms with E-state index in [0.717, 1.165) is 5.56 Å². The molecule has 4 nitrogen and oxygen atoms in total. The standard InChI is InChI=1S/C18H28N2O2/c1-14-12-20(17(21)22-18(3,4)5)15(2)11-19(14)13-16-9-7-6-8-10-16/h6-10,14-15H,11-13H2,1-5H3/t14-,15+/m0/s1/i2D3. The Hall–Kier alpha value is -1.55. The number of nitrogens with zero attached hydrogens (tertiary/aromatic N) is 2. The molecular weight excluding hydrogens is 276 g/mol. The second-order valence-electron chi connectivity index (χ2n) is 6.91. The molecule has 1 fully saturated rings. The zero-order chi connectivity index (χ0) is 18.8. The maximum atomic E-state index is 12.5. The Morgan fingerprint density at radius 2 is 1.95 bits per heavy atom. The van der Waals surface area contributed by atoms with E-state index in [0.29, 0.717) is 19.6 Å². The van der Waals surface area contributed by atoms with Gasteiger partial charge in [-0.3, -0.25) is 4.90 Å². The lowest BCUT2D eigenvalue weighted by atomic mass is 10.1. The van der Waals surface area contributed by atoms with Gasteiger partial charge in [-0.25, -0.2) is 4.79 Å². The molecule has 1 aliphatic heterocycles. The van der Waals surface area contributed by atoms with Crippen LogP contribution in [0.4, 0.5) is 4.79 Å². The summed E-state index contributed by atoms with van der Waals surface area (Å²) in [6.45, 7) is 6.40. The minimum Gasteiger partial charge on any atom is -0.444 e. The zero-order valence-electron chi connectivity index (χ0n) is 16.9. The molecule has 1 heterocycles. The van der Waals surface area contributed by atoms with Crippen LogP contribution in [0.2, 0.25) is 0 Å². The van der Waals surface area contributed by atoms with Crippen molar-refractivity contribution in [2.24, 2.45) is 0 Å². The number of hydrogen-bond donors (Lipinski definition) is 0. The molecule has 4 heteroatoms. The average molecular weight is 307 g/mol. The van der Waals surface area contributed by atoms with Gasteiger partial charge in [0, 0.05) is 35.8 Å². The molecule has 1 aliphatic rings. The lowest BCUT2D eigenvalue weighted by molar-refractivity contribution is -0.0117. The third-order valence-electron chi connectivity index (χ3n) is 3.72. The van der Waals surface area contributed by atoms with E-state index < -0.39 is 24.6 Å². The molecule has 22 heavy (non-hydrogen) atoms. The van der Waals surface area contributed by atoms with E-state index >= 15 is 0 Å². The van der Waals surface area contributed by atoms with Crippen LogP contribution in [0, 0.1) is 0 Å². The molecule has 1 saturated heterocycles. The Morgan fingerprint density at radius 1 is 1.27 bits per heavy atom. The fraction of sp³-hybridized carbons (Fsp3) is 0.611. The fourth-order valence-corrected chi connectivity index (χ4v) is 2.59. The second kappa shape index (κ2) is 6.69. The van der Waals surface area contributed by atoms with E-state index in [2.05, 4.69) is 4.90 Å². The van der Waals surface area contributed by atoms with Crippen molar-refractivity contribution >= 4 is 6.09 Å². The van der Waals surface area contributed by atoms with Crippen LogP contribution in [0.5, 0.6) is 0 Å². The average Bonchev–Trinajstić information content (AvgIpc) is 2.47. The van der Waals surface area contributed by atoms with Gasteiger partial charge >= 0.3 is 6.09 Å². The van der Waals surface area contributed by atoms with Gasteiger partial charge in [0.1, 0.15) is 5.60 Å². The van der Waals surface area contributed by atoms with Crippen LogP contribution in [0.25, 0.3) is 0 Å². The van der Waals surface area contributed by atoms with Gasteiger partial charge < -0.3 is 9.64 Å². The van der Waals surface area contributed by atoms with Gasteiger partial charge in [-0.15, -0.1) is 0 Å². The summed E-state index contributed by atoms with van der Waals surface area (Å²) < 4.78 is 29.0. The van der Waals surface area contributed by atoms with Crippen molar-refractivity contribution in [1.82, 2.24) is 9.80 Å². The molecule has 1 aromatic rings. The summed E-state index contributed by atoms with van der Waals surface area (Å²) in [5.74, 6) is 0. The van der Waals surface area contributed by atoms with Gasteiger partial charge in [0.25, 0.3) is 0 Å². The Labute approximate surface area is 138 Å². The number of carbonyl (C=O) groups is 1. The highest BCUT2D eigenvalue weighted by Gasteiger charge is 2.34. The molecule has 0 saturated carbocycles. The first-order valence-corrected chi connectivity index (χ1v) is 7.75. The van der Waals surface area contributed by atoms with Crippen molar-refractivity contribution in [2.45, 2.75) is 58.8 Å². The molecule has 0 spiro atoms. The van der Waals surface area contributed by atoms with Gasteiger partial charge in [0.15, 0.2) is 0 Å². The van der Waals surface area contributed by atoms with Crippen molar-refractivity contribution in [3.05, 3.63) is 35.9 Å². The quantitative estimate of drug-likeness (QED) is 0.838. The Bertz CT molecular complexity index is 584. The van der Waals surface area contributed by atoms with Crippen LogP contribution in [0.1, 0.15) is 44.2 Å². The van der Waals surface area contributed by atoms with Crippen LogP contribution < -0.4 is 0 Å². The summed E-state index contributed by atoms with van der Waals surface area (Å²) in [5.41, 5.74) is 0.477. The molecule has 0 bridgehead atoms. The Balaban J connectivity index is 2.17. The number of amides is 1. The van der Waals surface area contributed by atoms with Crippen molar-refractivity contribution < 1.29 is 13.6 Å². The minimum atomic E-state index is -2.26. The number of hydrogen-bond acceptors (Lipinski definition) is 3. The molecule has 2 rings (SSSR count). The summed E-state index contributed by atoms with van der Waals surface area (Å²) in [7, 11) is 0. The predicted octanol–water partition coefficient (Wildman–Crippen LogP) is 3.52. The lowest BCUT2D eigenvalue weighted by Gasteiger charge is -2.44. The highest BCUT2D eigenvalue weighted by Crippen LogP contribution is 2.20. The molecule has 0 aromatic heterocycles. The fourth-order valence-electron chi connectivity index (χ4n) is 2.59. The number of ether oxygens (including phenoxy) is 1. The highest BCUT2D eigenvalue weighted by molar-refractivity contribution is 5.68. The molecular formula is C18H28N2O2. The zero-order valence-corrected chi connectivity index (χ0v) is 13.9. The van der Waals surface area contributed by atoms with E-state index in [1.165, 1.54) is 4.90 Å². The summed E-state index contributed by atoms with van der Waals surface area (Å²) >= 11 is 0. The molecule has 122 valence electrons. The molecule has 0 aliphatic carbocycles. The van der Waals surface area contributed by atoms with E-state index in [-0.39, 0.29) is 6.04 Å². The Morgan fingerprint density at radius 3 is 2.55 bits per heavy atom. The van der Waals surface area contributed by atoms with Crippen LogP contribution in [-0.2, 0) is 11.3 Å². The first kappa shape index (κ1) is 12.9. The molecule has 0 N–H and O–H groups in total. The number of rotatable bonds is 2. The van der Waals surface area contributed by atoms with Gasteiger partial charge in [-0.2, -0.15) is 0 Å². The predicted molar refractivity (Wildman–Crippen MR) is 88.7 cm³/mol. The molecule has 1 aromatic carbocycles. The van der Waals surface area contributed by atoms with Gasteiger partial charge in [-0.1, -0.05) is 30.3 Å². The maximum absolute atomic E-state index is 12.5. The Kier molecular flexibility index (Phi) is 3.94. The van der Waals surface area contributed by atoms with Crippen molar-refractivity contribution in [2.75, 3.05) is 13.1 Å². The van der Waals surface area contributed by atoms with Crippen LogP contribution in [0.3, 0.4) is 0 Å². The molecule has 2 atom stereocenters. The smallest absolute Gasteiger partial charge is 0.410 e. The molecule has 0 radical (unpaired) electrons. The van der Waals surface area contributed by atoms with Crippen LogP contribution in [0.15, 0.2) is 30.3 Å². The third-order valence-corrected chi connectivity index (χ3v) is 3.72. The third kappa shape index (κ3) is 4.47. The minimum absolute atomic E-state index is 0.0475. The van der Waals surface area contributed by atoms with Gasteiger partial charge in [-0.05, 0) is 40.1 Å². The molecule has 0 unspecified atom stereocenters. The largest absolute Gasteiger partial charge is 0.444 e. The maximum Gasteiger partial charge on any atom is 0.410 e. The first-order valence-electron chi connectivity index (χ1n) is 9.25. The van der Waals surface area contributed by atoms with Crippen molar-refractivity contribution in [3.8, 4) is 0 Å². The normalized spacial score (nSPS) is 26.0. The SMILES string of the molecule is [2H]C([2H])([2H])[C@@H]1CN(Cc2ccccc2)[C@@H](C)CN1C(=O)OC(C)(C)C. The van der Waals surface area contributed by atoms with E-state index in [1.807, 2.05) is 37.3 Å². The number of piperazine rings is 1. The topological polar surface area (TPSA) is 32.8 Å². The monoisotopic (exact) mass is 307 g/mol. The van der Waals surface area contributed by atoms with Gasteiger partial charge in [0.05, 0.1) is 0 Å². The van der Waals surface area contributed by atoms with Crippen LogP contribution in [-0.4, -0.2) is 46.7 Å².